The van der Waals surface area contributed by atoms with Gasteiger partial charge in [0.2, 0.25) is 0 Å². The average Bonchev–Trinajstić information content (AvgIpc) is 3.39. The molecule has 1 aliphatic rings. The molecule has 1 saturated heterocycles. The summed E-state index contributed by atoms with van der Waals surface area (Å²) in [5, 5.41) is 1.85. The predicted octanol–water partition coefficient (Wildman–Crippen LogP) is 3.26. The minimum atomic E-state index is -0.319. The van der Waals surface area contributed by atoms with Crippen molar-refractivity contribution in [3.05, 3.63) is 86.8 Å². The topological polar surface area (TPSA) is 62.9 Å². The highest BCUT2D eigenvalue weighted by molar-refractivity contribution is 7.15. The van der Waals surface area contributed by atoms with E-state index in [9.17, 15) is 14.0 Å². The number of benzene rings is 1. The molecule has 170 valence electrons. The van der Waals surface area contributed by atoms with Gasteiger partial charge in [-0.25, -0.2) is 9.37 Å². The number of aryl methyl sites for hydroxylation is 1. The fourth-order valence-corrected chi connectivity index (χ4v) is 5.20. The summed E-state index contributed by atoms with van der Waals surface area (Å²) in [7, 11) is 0. The Morgan fingerprint density at radius 3 is 2.64 bits per heavy atom. The SMILES string of the molecule is Cc1cc(C(=O)N2CCN(Cc3cc(=O)n4ccsc4n3)CC2)c(C)n1-c1ccccc1F. The summed E-state index contributed by atoms with van der Waals surface area (Å²) in [6, 6.07) is 10.0. The Hall–Kier alpha value is -3.30. The number of hydrogen-bond acceptors (Lipinski definition) is 5. The second-order valence-electron chi connectivity index (χ2n) is 8.28. The molecule has 9 heteroatoms. The molecule has 0 radical (unpaired) electrons. The maximum Gasteiger partial charge on any atom is 0.258 e. The Labute approximate surface area is 194 Å². The Kier molecular flexibility index (Phi) is 5.59. The number of aromatic nitrogens is 3. The number of carbonyl (C=O) groups is 1. The lowest BCUT2D eigenvalue weighted by Crippen LogP contribution is -2.48. The Balaban J connectivity index is 1.28. The molecule has 5 rings (SSSR count). The molecule has 0 aliphatic carbocycles. The van der Waals surface area contributed by atoms with Gasteiger partial charge in [0.1, 0.15) is 5.82 Å². The molecule has 1 amide bonds. The standard InChI is InChI=1S/C24H24FN5O2S/c1-16-13-19(17(2)30(16)21-6-4-3-5-20(21)25)23(32)28-9-7-27(8-10-28)15-18-14-22(31)29-11-12-33-24(29)26-18/h3-6,11-14H,7-10,15H2,1-2H3. The van der Waals surface area contributed by atoms with E-state index in [1.165, 1.54) is 17.4 Å². The third kappa shape index (κ3) is 3.98. The third-order valence-corrected chi connectivity index (χ3v) is 6.91. The normalized spacial score (nSPS) is 14.8. The van der Waals surface area contributed by atoms with E-state index in [1.54, 1.807) is 39.4 Å². The lowest BCUT2D eigenvalue weighted by atomic mass is 10.2. The van der Waals surface area contributed by atoms with Gasteiger partial charge in [0, 0.05) is 61.8 Å². The van der Waals surface area contributed by atoms with Crippen LogP contribution >= 0.6 is 11.3 Å². The molecule has 1 fully saturated rings. The highest BCUT2D eigenvalue weighted by Gasteiger charge is 2.26. The molecule has 3 aromatic heterocycles. The van der Waals surface area contributed by atoms with Crippen LogP contribution in [0.5, 0.6) is 0 Å². The summed E-state index contributed by atoms with van der Waals surface area (Å²) in [4.78, 5) is 34.8. The summed E-state index contributed by atoms with van der Waals surface area (Å²) in [6.07, 6.45) is 1.73. The number of nitrogens with zero attached hydrogens (tertiary/aromatic N) is 5. The van der Waals surface area contributed by atoms with E-state index >= 15 is 0 Å². The fraction of sp³-hybridized carbons (Fsp3) is 0.292. The molecule has 0 bridgehead atoms. The van der Waals surface area contributed by atoms with Gasteiger partial charge in [-0.05, 0) is 32.0 Å². The minimum absolute atomic E-state index is 0.0401. The molecule has 33 heavy (non-hydrogen) atoms. The van der Waals surface area contributed by atoms with E-state index in [2.05, 4.69) is 9.88 Å². The average molecular weight is 466 g/mol. The van der Waals surface area contributed by atoms with E-state index in [-0.39, 0.29) is 17.3 Å². The van der Waals surface area contributed by atoms with Gasteiger partial charge in [-0.15, -0.1) is 11.3 Å². The molecule has 0 N–H and O–H groups in total. The summed E-state index contributed by atoms with van der Waals surface area (Å²) in [5.41, 5.74) is 3.27. The van der Waals surface area contributed by atoms with Gasteiger partial charge in [0.05, 0.1) is 16.9 Å². The molecule has 0 unspecified atom stereocenters. The first-order valence-electron chi connectivity index (χ1n) is 10.8. The van der Waals surface area contributed by atoms with Crippen LogP contribution < -0.4 is 5.56 Å². The highest BCUT2D eigenvalue weighted by Crippen LogP contribution is 2.24. The molecule has 4 aromatic rings. The van der Waals surface area contributed by atoms with Crippen LogP contribution in [0.1, 0.15) is 27.4 Å². The van der Waals surface area contributed by atoms with Crippen molar-refractivity contribution >= 4 is 22.2 Å². The third-order valence-electron chi connectivity index (χ3n) is 6.16. The molecule has 0 atom stereocenters. The molecule has 0 spiro atoms. The Bertz CT molecular complexity index is 1400. The van der Waals surface area contributed by atoms with E-state index in [1.807, 2.05) is 30.2 Å². The van der Waals surface area contributed by atoms with Crippen LogP contribution in [0.15, 0.2) is 52.8 Å². The molecule has 1 aromatic carbocycles. The largest absolute Gasteiger partial charge is 0.336 e. The van der Waals surface area contributed by atoms with Gasteiger partial charge in [-0.2, -0.15) is 0 Å². The van der Waals surface area contributed by atoms with Crippen LogP contribution in [-0.4, -0.2) is 55.8 Å². The second-order valence-corrected chi connectivity index (χ2v) is 9.15. The number of para-hydroxylation sites is 1. The first kappa shape index (κ1) is 21.5. The maximum atomic E-state index is 14.4. The zero-order valence-electron chi connectivity index (χ0n) is 18.5. The number of fused-ring (bicyclic) bond motifs is 1. The molecular formula is C24H24FN5O2S. The summed E-state index contributed by atoms with van der Waals surface area (Å²) < 4.78 is 17.7. The van der Waals surface area contributed by atoms with Gasteiger partial charge in [0.15, 0.2) is 4.96 Å². The molecule has 7 nitrogen and oxygen atoms in total. The minimum Gasteiger partial charge on any atom is -0.336 e. The van der Waals surface area contributed by atoms with Crippen molar-refractivity contribution in [3.8, 4) is 5.69 Å². The van der Waals surface area contributed by atoms with Crippen LogP contribution in [0.25, 0.3) is 10.6 Å². The van der Waals surface area contributed by atoms with Gasteiger partial charge >= 0.3 is 0 Å². The number of thiazole rings is 1. The number of hydrogen-bond donors (Lipinski definition) is 0. The Morgan fingerprint density at radius 2 is 1.88 bits per heavy atom. The van der Waals surface area contributed by atoms with E-state index in [0.717, 1.165) is 17.1 Å². The van der Waals surface area contributed by atoms with E-state index < -0.39 is 0 Å². The maximum absolute atomic E-state index is 14.4. The quantitative estimate of drug-likeness (QED) is 0.464. The lowest BCUT2D eigenvalue weighted by Gasteiger charge is -2.34. The lowest BCUT2D eigenvalue weighted by molar-refractivity contribution is 0.0626. The van der Waals surface area contributed by atoms with E-state index in [4.69, 9.17) is 0 Å². The highest BCUT2D eigenvalue weighted by atomic mass is 32.1. The summed E-state index contributed by atoms with van der Waals surface area (Å²) >= 11 is 1.44. The van der Waals surface area contributed by atoms with Crippen molar-refractivity contribution in [3.63, 3.8) is 0 Å². The molecule has 1 aliphatic heterocycles. The van der Waals surface area contributed by atoms with Crippen molar-refractivity contribution in [1.82, 2.24) is 23.8 Å². The van der Waals surface area contributed by atoms with Crippen molar-refractivity contribution in [2.75, 3.05) is 26.2 Å². The van der Waals surface area contributed by atoms with Gasteiger partial charge in [-0.3, -0.25) is 18.9 Å². The number of piperazine rings is 1. The van der Waals surface area contributed by atoms with Crippen LogP contribution in [-0.2, 0) is 6.54 Å². The monoisotopic (exact) mass is 465 g/mol. The van der Waals surface area contributed by atoms with Gasteiger partial charge < -0.3 is 9.47 Å². The molecular weight excluding hydrogens is 441 g/mol. The van der Waals surface area contributed by atoms with Crippen LogP contribution in [0.2, 0.25) is 0 Å². The van der Waals surface area contributed by atoms with Gasteiger partial charge in [0.25, 0.3) is 11.5 Å². The number of amides is 1. The number of rotatable bonds is 4. The van der Waals surface area contributed by atoms with E-state index in [0.29, 0.717) is 48.9 Å². The smallest absolute Gasteiger partial charge is 0.258 e. The van der Waals surface area contributed by atoms with Crippen molar-refractivity contribution in [1.29, 1.82) is 0 Å². The fourth-order valence-electron chi connectivity index (χ4n) is 4.46. The van der Waals surface area contributed by atoms with Crippen molar-refractivity contribution in [2.45, 2.75) is 20.4 Å². The number of carbonyl (C=O) groups excluding carboxylic acids is 1. The summed E-state index contributed by atoms with van der Waals surface area (Å²) in [6.45, 7) is 6.88. The zero-order valence-corrected chi connectivity index (χ0v) is 19.3. The predicted molar refractivity (Wildman–Crippen MR) is 126 cm³/mol. The zero-order chi connectivity index (χ0) is 23.1. The first-order valence-corrected chi connectivity index (χ1v) is 11.7. The van der Waals surface area contributed by atoms with Gasteiger partial charge in [-0.1, -0.05) is 12.1 Å². The second kappa shape index (κ2) is 8.57. The van der Waals surface area contributed by atoms with Crippen LogP contribution in [0.3, 0.4) is 0 Å². The first-order chi connectivity index (χ1) is 15.9. The summed E-state index contributed by atoms with van der Waals surface area (Å²) in [5.74, 6) is -0.359. The van der Waals surface area contributed by atoms with Crippen LogP contribution in [0.4, 0.5) is 4.39 Å². The Morgan fingerprint density at radius 1 is 1.12 bits per heavy atom. The molecule has 4 heterocycles. The van der Waals surface area contributed by atoms with Crippen LogP contribution in [0, 0.1) is 19.7 Å². The number of halogens is 1. The van der Waals surface area contributed by atoms with Crippen molar-refractivity contribution < 1.29 is 9.18 Å². The van der Waals surface area contributed by atoms with Crippen molar-refractivity contribution in [2.24, 2.45) is 0 Å². The molecule has 0 saturated carbocycles.